The SMILES string of the molecule is Cn1c(SCC(=O)Nc2nc(-c3ccccc3)cs2)nnc1-c1cccnc1. The molecule has 0 saturated carbocycles. The van der Waals surface area contributed by atoms with Crippen molar-refractivity contribution in [2.24, 2.45) is 7.05 Å². The van der Waals surface area contributed by atoms with Crippen LogP contribution in [0.4, 0.5) is 5.13 Å². The number of carbonyl (C=O) groups excluding carboxylic acids is 1. The molecule has 1 N–H and O–H groups in total. The lowest BCUT2D eigenvalue weighted by Gasteiger charge is -2.04. The van der Waals surface area contributed by atoms with Crippen molar-refractivity contribution in [3.8, 4) is 22.6 Å². The number of pyridine rings is 1. The molecule has 0 aliphatic carbocycles. The van der Waals surface area contributed by atoms with E-state index in [0.29, 0.717) is 16.1 Å². The maximum atomic E-state index is 12.3. The van der Waals surface area contributed by atoms with Crippen molar-refractivity contribution in [1.29, 1.82) is 0 Å². The number of aromatic nitrogens is 5. The highest BCUT2D eigenvalue weighted by Crippen LogP contribution is 2.25. The van der Waals surface area contributed by atoms with Gasteiger partial charge < -0.3 is 9.88 Å². The number of nitrogens with one attached hydrogen (secondary N) is 1. The summed E-state index contributed by atoms with van der Waals surface area (Å²) in [7, 11) is 1.87. The van der Waals surface area contributed by atoms with Crippen LogP contribution in [0.5, 0.6) is 0 Å². The highest BCUT2D eigenvalue weighted by Gasteiger charge is 2.14. The van der Waals surface area contributed by atoms with Gasteiger partial charge in [-0.1, -0.05) is 42.1 Å². The van der Waals surface area contributed by atoms with Crippen LogP contribution in [0.25, 0.3) is 22.6 Å². The van der Waals surface area contributed by atoms with Gasteiger partial charge in [-0.25, -0.2) is 4.98 Å². The molecule has 1 aromatic carbocycles. The zero-order valence-corrected chi connectivity index (χ0v) is 16.6. The third kappa shape index (κ3) is 4.10. The number of thiazole rings is 1. The summed E-state index contributed by atoms with van der Waals surface area (Å²) in [5.74, 6) is 0.799. The fourth-order valence-corrected chi connectivity index (χ4v) is 3.99. The number of anilines is 1. The van der Waals surface area contributed by atoms with Crippen LogP contribution in [0.15, 0.2) is 65.4 Å². The van der Waals surface area contributed by atoms with E-state index < -0.39 is 0 Å². The topological polar surface area (TPSA) is 85.6 Å². The van der Waals surface area contributed by atoms with Gasteiger partial charge >= 0.3 is 0 Å². The monoisotopic (exact) mass is 408 g/mol. The lowest BCUT2D eigenvalue weighted by molar-refractivity contribution is -0.113. The summed E-state index contributed by atoms with van der Waals surface area (Å²) < 4.78 is 1.85. The lowest BCUT2D eigenvalue weighted by atomic mass is 10.2. The van der Waals surface area contributed by atoms with E-state index in [1.54, 1.807) is 12.4 Å². The second kappa shape index (κ2) is 8.32. The van der Waals surface area contributed by atoms with E-state index in [4.69, 9.17) is 0 Å². The molecule has 0 unspecified atom stereocenters. The van der Waals surface area contributed by atoms with Gasteiger partial charge in [-0.3, -0.25) is 9.78 Å². The van der Waals surface area contributed by atoms with Gasteiger partial charge in [0.05, 0.1) is 11.4 Å². The first-order chi connectivity index (χ1) is 13.7. The fraction of sp³-hybridized carbons (Fsp3) is 0.105. The highest BCUT2D eigenvalue weighted by molar-refractivity contribution is 7.99. The van der Waals surface area contributed by atoms with E-state index in [1.807, 2.05) is 59.5 Å². The molecule has 7 nitrogen and oxygen atoms in total. The third-order valence-electron chi connectivity index (χ3n) is 3.91. The minimum absolute atomic E-state index is 0.134. The van der Waals surface area contributed by atoms with Crippen molar-refractivity contribution in [3.63, 3.8) is 0 Å². The number of rotatable bonds is 6. The minimum atomic E-state index is -0.134. The van der Waals surface area contributed by atoms with Crippen molar-refractivity contribution >= 4 is 34.1 Å². The van der Waals surface area contributed by atoms with Crippen LogP contribution in [0.2, 0.25) is 0 Å². The summed E-state index contributed by atoms with van der Waals surface area (Å²) in [6.07, 6.45) is 3.44. The minimum Gasteiger partial charge on any atom is -0.305 e. The Hall–Kier alpha value is -3.04. The summed E-state index contributed by atoms with van der Waals surface area (Å²) in [5.41, 5.74) is 2.75. The van der Waals surface area contributed by atoms with Crippen molar-refractivity contribution in [2.75, 3.05) is 11.1 Å². The Morgan fingerprint density at radius 2 is 1.96 bits per heavy atom. The number of hydrogen-bond acceptors (Lipinski definition) is 7. The molecule has 0 fully saturated rings. The van der Waals surface area contributed by atoms with Crippen LogP contribution in [-0.2, 0) is 11.8 Å². The number of amides is 1. The molecule has 4 rings (SSSR count). The third-order valence-corrected chi connectivity index (χ3v) is 5.69. The first-order valence-electron chi connectivity index (χ1n) is 8.44. The van der Waals surface area contributed by atoms with Gasteiger partial charge in [-0.05, 0) is 12.1 Å². The standard InChI is InChI=1S/C19H16N6OS2/c1-25-17(14-8-5-9-20-10-14)23-24-19(25)28-12-16(26)22-18-21-15(11-27-18)13-6-3-2-4-7-13/h2-11H,12H2,1H3,(H,21,22,26). The zero-order valence-electron chi connectivity index (χ0n) is 14.9. The lowest BCUT2D eigenvalue weighted by Crippen LogP contribution is -2.14. The van der Waals surface area contributed by atoms with Crippen molar-refractivity contribution in [3.05, 3.63) is 60.2 Å². The maximum Gasteiger partial charge on any atom is 0.236 e. The summed E-state index contributed by atoms with van der Waals surface area (Å²) >= 11 is 2.73. The van der Waals surface area contributed by atoms with Crippen LogP contribution >= 0.6 is 23.1 Å². The number of carbonyl (C=O) groups is 1. The van der Waals surface area contributed by atoms with Crippen LogP contribution in [0, 0.1) is 0 Å². The highest BCUT2D eigenvalue weighted by atomic mass is 32.2. The molecular weight excluding hydrogens is 392 g/mol. The normalized spacial score (nSPS) is 10.8. The van der Waals surface area contributed by atoms with Crippen molar-refractivity contribution in [1.82, 2.24) is 24.7 Å². The fourth-order valence-electron chi connectivity index (χ4n) is 2.55. The predicted molar refractivity (Wildman–Crippen MR) is 111 cm³/mol. The van der Waals surface area contributed by atoms with Crippen molar-refractivity contribution in [2.45, 2.75) is 5.16 Å². The van der Waals surface area contributed by atoms with E-state index in [2.05, 4.69) is 25.5 Å². The van der Waals surface area contributed by atoms with Gasteiger partial charge in [0.25, 0.3) is 0 Å². The Bertz CT molecular complexity index is 1080. The van der Waals surface area contributed by atoms with Gasteiger partial charge in [0, 0.05) is 35.9 Å². The van der Waals surface area contributed by atoms with Gasteiger partial charge in [-0.15, -0.1) is 21.5 Å². The average molecular weight is 409 g/mol. The molecular formula is C19H16N6OS2. The maximum absolute atomic E-state index is 12.3. The molecule has 0 aliphatic heterocycles. The Kier molecular flexibility index (Phi) is 5.45. The molecule has 0 bridgehead atoms. The quantitative estimate of drug-likeness (QED) is 0.489. The largest absolute Gasteiger partial charge is 0.305 e. The van der Waals surface area contributed by atoms with Gasteiger partial charge in [0.2, 0.25) is 5.91 Å². The van der Waals surface area contributed by atoms with E-state index in [0.717, 1.165) is 16.8 Å². The van der Waals surface area contributed by atoms with Crippen molar-refractivity contribution < 1.29 is 4.79 Å². The zero-order chi connectivity index (χ0) is 19.3. The molecule has 0 saturated heterocycles. The number of hydrogen-bond donors (Lipinski definition) is 1. The van der Waals surface area contributed by atoms with Gasteiger partial charge in [0.15, 0.2) is 16.1 Å². The summed E-state index contributed by atoms with van der Waals surface area (Å²) in [5, 5.41) is 14.4. The first kappa shape index (κ1) is 18.3. The molecule has 0 spiro atoms. The van der Waals surface area contributed by atoms with Crippen LogP contribution in [-0.4, -0.2) is 36.4 Å². The average Bonchev–Trinajstić information content (AvgIpc) is 3.34. The van der Waals surface area contributed by atoms with E-state index >= 15 is 0 Å². The Balaban J connectivity index is 1.37. The van der Waals surface area contributed by atoms with Crippen LogP contribution in [0.3, 0.4) is 0 Å². The molecule has 140 valence electrons. The molecule has 0 radical (unpaired) electrons. The summed E-state index contributed by atoms with van der Waals surface area (Å²) in [4.78, 5) is 20.9. The second-order valence-electron chi connectivity index (χ2n) is 5.85. The summed E-state index contributed by atoms with van der Waals surface area (Å²) in [6, 6.07) is 13.6. The Labute approximate surface area is 169 Å². The number of thioether (sulfide) groups is 1. The van der Waals surface area contributed by atoms with Crippen LogP contribution < -0.4 is 5.32 Å². The smallest absolute Gasteiger partial charge is 0.236 e. The first-order valence-corrected chi connectivity index (χ1v) is 10.3. The second-order valence-corrected chi connectivity index (χ2v) is 7.65. The van der Waals surface area contributed by atoms with E-state index in [9.17, 15) is 4.79 Å². The molecule has 3 aromatic heterocycles. The van der Waals surface area contributed by atoms with E-state index in [1.165, 1.54) is 23.1 Å². The molecule has 4 aromatic rings. The molecule has 28 heavy (non-hydrogen) atoms. The van der Waals surface area contributed by atoms with Gasteiger partial charge in [-0.2, -0.15) is 0 Å². The number of nitrogens with zero attached hydrogens (tertiary/aromatic N) is 5. The molecule has 0 aliphatic rings. The molecule has 0 atom stereocenters. The van der Waals surface area contributed by atoms with Crippen LogP contribution in [0.1, 0.15) is 0 Å². The molecule has 3 heterocycles. The Morgan fingerprint density at radius 3 is 2.75 bits per heavy atom. The van der Waals surface area contributed by atoms with E-state index in [-0.39, 0.29) is 11.7 Å². The predicted octanol–water partition coefficient (Wildman–Crippen LogP) is 3.73. The molecule has 9 heteroatoms. The van der Waals surface area contributed by atoms with Gasteiger partial charge in [0.1, 0.15) is 0 Å². The molecule has 1 amide bonds. The number of benzene rings is 1. The summed E-state index contributed by atoms with van der Waals surface area (Å²) in [6.45, 7) is 0. The Morgan fingerprint density at radius 1 is 1.14 bits per heavy atom.